The second-order valence-corrected chi connectivity index (χ2v) is 5.83. The Balaban J connectivity index is 2.06. The molecule has 0 amide bonds. The molecule has 1 aliphatic rings. The van der Waals surface area contributed by atoms with Crippen molar-refractivity contribution in [2.75, 3.05) is 11.5 Å². The van der Waals surface area contributed by atoms with E-state index in [1.807, 2.05) is 11.8 Å². The van der Waals surface area contributed by atoms with Crippen LogP contribution in [-0.2, 0) is 0 Å². The van der Waals surface area contributed by atoms with Gasteiger partial charge in [-0.05, 0) is 49.5 Å². The van der Waals surface area contributed by atoms with E-state index in [-0.39, 0.29) is 0 Å². The van der Waals surface area contributed by atoms with Gasteiger partial charge < -0.3 is 0 Å². The van der Waals surface area contributed by atoms with Crippen LogP contribution in [0.3, 0.4) is 0 Å². The Morgan fingerprint density at radius 3 is 2.58 bits per heavy atom. The van der Waals surface area contributed by atoms with Gasteiger partial charge in [0.15, 0.2) is 0 Å². The molecule has 1 fully saturated rings. The summed E-state index contributed by atoms with van der Waals surface area (Å²) in [5.74, 6) is 2.57. The predicted octanol–water partition coefficient (Wildman–Crippen LogP) is 3.93. The number of hydrogen-bond acceptors (Lipinski definition) is 1. The Labute approximate surface area is 85.4 Å². The summed E-state index contributed by atoms with van der Waals surface area (Å²) in [6.07, 6.45) is 5.45. The molecule has 2 heteroatoms. The molecule has 0 nitrogen and oxygen atoms in total. The molecule has 0 aromatic carbocycles. The topological polar surface area (TPSA) is 0 Å². The van der Waals surface area contributed by atoms with Gasteiger partial charge in [0, 0.05) is 5.38 Å². The third-order valence-corrected chi connectivity index (χ3v) is 4.35. The van der Waals surface area contributed by atoms with Gasteiger partial charge in [0.2, 0.25) is 0 Å². The highest BCUT2D eigenvalue weighted by Crippen LogP contribution is 2.54. The quantitative estimate of drug-likeness (QED) is 0.469. The lowest BCUT2D eigenvalue weighted by Crippen LogP contribution is -2.12. The summed E-state index contributed by atoms with van der Waals surface area (Å²) < 4.78 is 0. The van der Waals surface area contributed by atoms with E-state index in [2.05, 4.69) is 13.8 Å². The highest BCUT2D eigenvalue weighted by molar-refractivity contribution is 7.99. The first-order valence-electron chi connectivity index (χ1n) is 4.93. The maximum atomic E-state index is 6.14. The van der Waals surface area contributed by atoms with Crippen molar-refractivity contribution < 1.29 is 0 Å². The Kier molecular flexibility index (Phi) is 4.25. The van der Waals surface area contributed by atoms with Gasteiger partial charge in [0.05, 0.1) is 0 Å². The van der Waals surface area contributed by atoms with Gasteiger partial charge in [-0.1, -0.05) is 6.92 Å². The van der Waals surface area contributed by atoms with E-state index in [9.17, 15) is 0 Å². The minimum atomic E-state index is 0.393. The Hall–Kier alpha value is 0.640. The minimum Gasteiger partial charge on any atom is -0.162 e. The van der Waals surface area contributed by atoms with E-state index in [1.54, 1.807) is 0 Å². The molecule has 0 aromatic heterocycles. The van der Waals surface area contributed by atoms with Crippen molar-refractivity contribution in [1.82, 2.24) is 0 Å². The molecule has 0 radical (unpaired) electrons. The smallest absolute Gasteiger partial charge is 0.0364 e. The predicted molar refractivity (Wildman–Crippen MR) is 59.2 cm³/mol. The monoisotopic (exact) mass is 206 g/mol. The maximum Gasteiger partial charge on any atom is 0.0364 e. The molecule has 0 bridgehead atoms. The third kappa shape index (κ3) is 2.85. The van der Waals surface area contributed by atoms with Crippen molar-refractivity contribution in [2.45, 2.75) is 44.9 Å². The van der Waals surface area contributed by atoms with Gasteiger partial charge in [0.25, 0.3) is 0 Å². The molecule has 0 aliphatic heterocycles. The van der Waals surface area contributed by atoms with Crippen LogP contribution in [0.5, 0.6) is 0 Å². The number of halogens is 1. The lowest BCUT2D eigenvalue weighted by Gasteiger charge is -2.16. The molecule has 1 unspecified atom stereocenters. The molecule has 0 spiro atoms. The molecule has 1 aliphatic carbocycles. The molecule has 1 atom stereocenters. The molecule has 0 saturated heterocycles. The standard InChI is InChI=1S/C10H19ClS/c1-3-12-8-4-5-10(6-7-10)9(2)11/h9H,3-8H2,1-2H3. The van der Waals surface area contributed by atoms with E-state index in [1.165, 1.54) is 37.2 Å². The van der Waals surface area contributed by atoms with E-state index in [4.69, 9.17) is 11.6 Å². The molecular weight excluding hydrogens is 188 g/mol. The summed E-state index contributed by atoms with van der Waals surface area (Å²) in [6, 6.07) is 0. The molecule has 1 saturated carbocycles. The zero-order chi connectivity index (χ0) is 9.03. The van der Waals surface area contributed by atoms with E-state index in [0.717, 1.165) is 0 Å². The van der Waals surface area contributed by atoms with Crippen molar-refractivity contribution in [2.24, 2.45) is 5.41 Å². The SMILES string of the molecule is CCSCCCC1(C(C)Cl)CC1. The minimum absolute atomic E-state index is 0.393. The zero-order valence-corrected chi connectivity index (χ0v) is 9.68. The maximum absolute atomic E-state index is 6.14. The number of hydrogen-bond donors (Lipinski definition) is 0. The first kappa shape index (κ1) is 10.7. The van der Waals surface area contributed by atoms with Crippen molar-refractivity contribution in [3.8, 4) is 0 Å². The van der Waals surface area contributed by atoms with Crippen LogP contribution < -0.4 is 0 Å². The van der Waals surface area contributed by atoms with Crippen LogP contribution in [0.4, 0.5) is 0 Å². The van der Waals surface area contributed by atoms with Crippen LogP contribution >= 0.6 is 23.4 Å². The van der Waals surface area contributed by atoms with Crippen molar-refractivity contribution in [3.05, 3.63) is 0 Å². The lowest BCUT2D eigenvalue weighted by atomic mass is 9.97. The highest BCUT2D eigenvalue weighted by atomic mass is 35.5. The molecule has 0 aromatic rings. The Bertz CT molecular complexity index is 130. The fourth-order valence-corrected chi connectivity index (χ4v) is 2.64. The summed E-state index contributed by atoms with van der Waals surface area (Å²) in [5.41, 5.74) is 0.551. The summed E-state index contributed by atoms with van der Waals surface area (Å²) >= 11 is 8.18. The van der Waals surface area contributed by atoms with Crippen LogP contribution in [0.15, 0.2) is 0 Å². The van der Waals surface area contributed by atoms with Crippen molar-refractivity contribution in [3.63, 3.8) is 0 Å². The largest absolute Gasteiger partial charge is 0.162 e. The van der Waals surface area contributed by atoms with Crippen LogP contribution in [0, 0.1) is 5.41 Å². The Morgan fingerprint density at radius 1 is 1.50 bits per heavy atom. The second-order valence-electron chi connectivity index (χ2n) is 3.78. The van der Waals surface area contributed by atoms with Crippen LogP contribution in [-0.4, -0.2) is 16.9 Å². The summed E-state index contributed by atoms with van der Waals surface area (Å²) in [7, 11) is 0. The van der Waals surface area contributed by atoms with Crippen LogP contribution in [0.1, 0.15) is 39.5 Å². The summed E-state index contributed by atoms with van der Waals surface area (Å²) in [4.78, 5) is 0. The lowest BCUT2D eigenvalue weighted by molar-refractivity contribution is 0.453. The summed E-state index contributed by atoms with van der Waals surface area (Å²) in [6.45, 7) is 4.38. The number of thioether (sulfide) groups is 1. The average molecular weight is 207 g/mol. The first-order chi connectivity index (χ1) is 5.71. The van der Waals surface area contributed by atoms with Crippen molar-refractivity contribution in [1.29, 1.82) is 0 Å². The van der Waals surface area contributed by atoms with Crippen LogP contribution in [0.25, 0.3) is 0 Å². The van der Waals surface area contributed by atoms with Gasteiger partial charge >= 0.3 is 0 Å². The van der Waals surface area contributed by atoms with Gasteiger partial charge in [-0.15, -0.1) is 11.6 Å². The molecule has 0 N–H and O–H groups in total. The van der Waals surface area contributed by atoms with E-state index in [0.29, 0.717) is 10.8 Å². The molecule has 72 valence electrons. The number of alkyl halides is 1. The number of rotatable bonds is 6. The van der Waals surface area contributed by atoms with E-state index >= 15 is 0 Å². The van der Waals surface area contributed by atoms with Gasteiger partial charge in [-0.25, -0.2) is 0 Å². The van der Waals surface area contributed by atoms with Gasteiger partial charge in [-0.3, -0.25) is 0 Å². The third-order valence-electron chi connectivity index (χ3n) is 2.90. The molecule has 0 heterocycles. The average Bonchev–Trinajstić information content (AvgIpc) is 2.79. The van der Waals surface area contributed by atoms with Gasteiger partial charge in [0.1, 0.15) is 0 Å². The fraction of sp³-hybridized carbons (Fsp3) is 1.00. The molecular formula is C10H19ClS. The normalized spacial score (nSPS) is 22.2. The Morgan fingerprint density at radius 2 is 2.17 bits per heavy atom. The summed E-state index contributed by atoms with van der Waals surface area (Å²) in [5, 5.41) is 0.393. The van der Waals surface area contributed by atoms with E-state index < -0.39 is 0 Å². The zero-order valence-electron chi connectivity index (χ0n) is 8.11. The second kappa shape index (κ2) is 4.76. The molecule has 1 rings (SSSR count). The van der Waals surface area contributed by atoms with Crippen LogP contribution in [0.2, 0.25) is 0 Å². The van der Waals surface area contributed by atoms with Crippen molar-refractivity contribution >= 4 is 23.4 Å². The first-order valence-corrected chi connectivity index (χ1v) is 6.52. The van der Waals surface area contributed by atoms with Gasteiger partial charge in [-0.2, -0.15) is 11.8 Å². The highest BCUT2D eigenvalue weighted by Gasteiger charge is 2.45. The molecule has 12 heavy (non-hydrogen) atoms. The fourth-order valence-electron chi connectivity index (χ4n) is 1.68.